The molecule has 0 N–H and O–H groups in total. The van der Waals surface area contributed by atoms with Crippen molar-refractivity contribution in [2.75, 3.05) is 13.7 Å². The quantitative estimate of drug-likeness (QED) is 0.473. The van der Waals surface area contributed by atoms with Gasteiger partial charge in [-0.15, -0.1) is 0 Å². The van der Waals surface area contributed by atoms with Gasteiger partial charge in [-0.3, -0.25) is 0 Å². The molecule has 1 unspecified atom stereocenters. The highest BCUT2D eigenvalue weighted by Gasteiger charge is 2.16. The molecular weight excluding hydrogens is 308 g/mol. The van der Waals surface area contributed by atoms with Crippen molar-refractivity contribution in [3.8, 4) is 0 Å². The number of alkyl halides is 1. The van der Waals surface area contributed by atoms with Crippen LogP contribution in [0, 0.1) is 17.5 Å². The fourth-order valence-electron chi connectivity index (χ4n) is 1.01. The number of hydrogen-bond donors (Lipinski definition) is 0. The Balaban J connectivity index is 3.02. The maximum absolute atomic E-state index is 13.1. The molecule has 0 bridgehead atoms. The minimum Gasteiger partial charge on any atom is -0.383 e. The van der Waals surface area contributed by atoms with Crippen LogP contribution in [0.5, 0.6) is 0 Å². The molecule has 0 heterocycles. The van der Waals surface area contributed by atoms with Crippen LogP contribution in [0.4, 0.5) is 13.2 Å². The number of hydrogen-bond acceptors (Lipinski definition) is 1. The number of rotatable bonds is 3. The van der Waals surface area contributed by atoms with Crippen molar-refractivity contribution in [3.63, 3.8) is 0 Å². The topological polar surface area (TPSA) is 9.23 Å². The lowest BCUT2D eigenvalue weighted by Crippen LogP contribution is -2.03. The van der Waals surface area contributed by atoms with Gasteiger partial charge in [-0.2, -0.15) is 0 Å². The first kappa shape index (κ1) is 11.8. The van der Waals surface area contributed by atoms with E-state index in [2.05, 4.69) is 0 Å². The lowest BCUT2D eigenvalue weighted by molar-refractivity contribution is 0.202. The third-order valence-corrected chi connectivity index (χ3v) is 2.72. The number of ether oxygens (including phenoxy) is 1. The van der Waals surface area contributed by atoms with Crippen molar-refractivity contribution in [1.82, 2.24) is 0 Å². The Morgan fingerprint density at radius 1 is 1.21 bits per heavy atom. The van der Waals surface area contributed by atoms with Crippen LogP contribution in [-0.4, -0.2) is 13.7 Å². The summed E-state index contributed by atoms with van der Waals surface area (Å²) in [7, 11) is 1.46. The zero-order chi connectivity index (χ0) is 10.7. The first-order valence-electron chi connectivity index (χ1n) is 3.83. The summed E-state index contributed by atoms with van der Waals surface area (Å²) in [6.07, 6.45) is 0. The van der Waals surface area contributed by atoms with Gasteiger partial charge >= 0.3 is 0 Å². The van der Waals surface area contributed by atoms with Gasteiger partial charge in [-0.05, 0) is 6.07 Å². The molecule has 1 aromatic rings. The molecule has 0 aliphatic rings. The fraction of sp³-hybridized carbons (Fsp3) is 0.333. The van der Waals surface area contributed by atoms with Crippen LogP contribution >= 0.6 is 22.6 Å². The Bertz CT molecular complexity index is 330. The second-order valence-electron chi connectivity index (χ2n) is 2.71. The normalized spacial score (nSPS) is 12.9. The highest BCUT2D eigenvalue weighted by atomic mass is 127. The van der Waals surface area contributed by atoms with Crippen molar-refractivity contribution in [2.45, 2.75) is 3.92 Å². The fourth-order valence-corrected chi connectivity index (χ4v) is 1.85. The largest absolute Gasteiger partial charge is 0.383 e. The molecule has 1 rings (SSSR count). The van der Waals surface area contributed by atoms with Crippen molar-refractivity contribution >= 4 is 22.6 Å². The van der Waals surface area contributed by atoms with Crippen LogP contribution in [0.15, 0.2) is 12.1 Å². The third kappa shape index (κ3) is 2.60. The van der Waals surface area contributed by atoms with Gasteiger partial charge in [0, 0.05) is 18.7 Å². The molecule has 0 amide bonds. The maximum Gasteiger partial charge on any atom is 0.161 e. The zero-order valence-corrected chi connectivity index (χ0v) is 9.52. The molecule has 0 saturated heterocycles. The van der Waals surface area contributed by atoms with E-state index in [9.17, 15) is 13.2 Å². The second kappa shape index (κ2) is 4.97. The van der Waals surface area contributed by atoms with E-state index in [0.717, 1.165) is 6.07 Å². The molecule has 5 heteroatoms. The SMILES string of the molecule is COCC(I)c1cc(F)c(F)cc1F. The monoisotopic (exact) mass is 316 g/mol. The summed E-state index contributed by atoms with van der Waals surface area (Å²) >= 11 is 1.91. The van der Waals surface area contributed by atoms with Gasteiger partial charge in [0.2, 0.25) is 0 Å². The molecule has 1 atom stereocenters. The highest BCUT2D eigenvalue weighted by Crippen LogP contribution is 2.27. The predicted molar refractivity (Wildman–Crippen MR) is 55.0 cm³/mol. The van der Waals surface area contributed by atoms with Gasteiger partial charge in [0.15, 0.2) is 11.6 Å². The average Bonchev–Trinajstić information content (AvgIpc) is 2.11. The Hall–Kier alpha value is -0.300. The smallest absolute Gasteiger partial charge is 0.161 e. The van der Waals surface area contributed by atoms with E-state index in [1.807, 2.05) is 22.6 Å². The van der Waals surface area contributed by atoms with Crippen molar-refractivity contribution in [1.29, 1.82) is 0 Å². The van der Waals surface area contributed by atoms with Crippen molar-refractivity contribution in [2.24, 2.45) is 0 Å². The van der Waals surface area contributed by atoms with Crippen molar-refractivity contribution in [3.05, 3.63) is 35.1 Å². The van der Waals surface area contributed by atoms with E-state index in [1.54, 1.807) is 0 Å². The zero-order valence-electron chi connectivity index (χ0n) is 7.36. The lowest BCUT2D eigenvalue weighted by atomic mass is 10.1. The second-order valence-corrected chi connectivity index (χ2v) is 4.21. The summed E-state index contributed by atoms with van der Waals surface area (Å²) in [4.78, 5) is 0. The predicted octanol–water partition coefficient (Wildman–Crippen LogP) is 3.23. The molecular formula is C9H8F3IO. The first-order chi connectivity index (χ1) is 6.56. The molecule has 78 valence electrons. The summed E-state index contributed by atoms with van der Waals surface area (Å²) in [5.41, 5.74) is 0.117. The molecule has 0 aliphatic heterocycles. The van der Waals surface area contributed by atoms with E-state index >= 15 is 0 Å². The van der Waals surface area contributed by atoms with Gasteiger partial charge in [-0.1, -0.05) is 22.6 Å². The van der Waals surface area contributed by atoms with Crippen molar-refractivity contribution < 1.29 is 17.9 Å². The summed E-state index contributed by atoms with van der Waals surface area (Å²) < 4.78 is 42.9. The Morgan fingerprint density at radius 3 is 2.36 bits per heavy atom. The molecule has 0 radical (unpaired) electrons. The molecule has 14 heavy (non-hydrogen) atoms. The third-order valence-electron chi connectivity index (χ3n) is 1.69. The summed E-state index contributed by atoms with van der Waals surface area (Å²) in [5.74, 6) is -2.97. The van der Waals surface area contributed by atoms with Gasteiger partial charge < -0.3 is 4.74 Å². The van der Waals surface area contributed by atoms with E-state index in [0.29, 0.717) is 6.07 Å². The maximum atomic E-state index is 13.1. The molecule has 0 aromatic heterocycles. The summed E-state index contributed by atoms with van der Waals surface area (Å²) in [6.45, 7) is 0.253. The van der Waals surface area contributed by atoms with Gasteiger partial charge in [-0.25, -0.2) is 13.2 Å². The van der Waals surface area contributed by atoms with Crippen LogP contribution in [0.1, 0.15) is 9.49 Å². The minimum atomic E-state index is -1.17. The van der Waals surface area contributed by atoms with Crippen LogP contribution in [0.3, 0.4) is 0 Å². The molecule has 0 aliphatic carbocycles. The van der Waals surface area contributed by atoms with Crippen LogP contribution < -0.4 is 0 Å². The van der Waals surface area contributed by atoms with Crippen LogP contribution in [0.2, 0.25) is 0 Å². The minimum absolute atomic E-state index is 0.117. The Labute approximate surface area is 93.4 Å². The first-order valence-corrected chi connectivity index (χ1v) is 5.08. The Kier molecular flexibility index (Phi) is 4.18. The van der Waals surface area contributed by atoms with Gasteiger partial charge in [0.25, 0.3) is 0 Å². The molecule has 0 saturated carbocycles. The summed E-state index contributed by atoms with van der Waals surface area (Å²) in [5, 5.41) is 0. The van der Waals surface area contributed by atoms with E-state index in [-0.39, 0.29) is 16.1 Å². The number of halogens is 4. The van der Waals surface area contributed by atoms with E-state index < -0.39 is 17.5 Å². The average molecular weight is 316 g/mol. The standard InChI is InChI=1S/C9H8F3IO/c1-14-4-9(13)5-2-7(11)8(12)3-6(5)10/h2-3,9H,4H2,1H3. The van der Waals surface area contributed by atoms with E-state index in [1.165, 1.54) is 7.11 Å². The van der Waals surface area contributed by atoms with Crippen LogP contribution in [-0.2, 0) is 4.74 Å². The van der Waals surface area contributed by atoms with Gasteiger partial charge in [0.1, 0.15) is 5.82 Å². The lowest BCUT2D eigenvalue weighted by Gasteiger charge is -2.10. The molecule has 1 aromatic carbocycles. The van der Waals surface area contributed by atoms with Gasteiger partial charge in [0.05, 0.1) is 10.5 Å². The number of benzene rings is 1. The Morgan fingerprint density at radius 2 is 1.79 bits per heavy atom. The van der Waals surface area contributed by atoms with Crippen LogP contribution in [0.25, 0.3) is 0 Å². The summed E-state index contributed by atoms with van der Waals surface area (Å²) in [6, 6.07) is 1.41. The highest BCUT2D eigenvalue weighted by molar-refractivity contribution is 14.1. The number of methoxy groups -OCH3 is 1. The molecule has 1 nitrogen and oxygen atoms in total. The molecule has 0 spiro atoms. The molecule has 0 fully saturated rings. The van der Waals surface area contributed by atoms with E-state index in [4.69, 9.17) is 4.74 Å².